The highest BCUT2D eigenvalue weighted by Gasteiger charge is 2.26. The van der Waals surface area contributed by atoms with E-state index in [-0.39, 0.29) is 0 Å². The van der Waals surface area contributed by atoms with Crippen molar-refractivity contribution < 1.29 is 0 Å². The van der Waals surface area contributed by atoms with Crippen molar-refractivity contribution in [3.05, 3.63) is 0 Å². The van der Waals surface area contributed by atoms with Gasteiger partial charge in [-0.15, -0.1) is 0 Å². The van der Waals surface area contributed by atoms with Gasteiger partial charge in [-0.1, -0.05) is 72.6 Å². The lowest BCUT2D eigenvalue weighted by molar-refractivity contribution is 0.117. The summed E-state index contributed by atoms with van der Waals surface area (Å²) in [6.07, 6.45) is 11.0. The smallest absolute Gasteiger partial charge is 0.0455 e. The van der Waals surface area contributed by atoms with Crippen LogP contribution in [0, 0.1) is 5.41 Å². The number of hydrogen-bond donors (Lipinski definition) is 1. The molecule has 110 valence electrons. The van der Waals surface area contributed by atoms with Gasteiger partial charge in [-0.05, 0) is 18.9 Å². The second-order valence-electron chi connectivity index (χ2n) is 6.73. The third-order valence-corrected chi connectivity index (χ3v) is 3.90. The Labute approximate surface area is 115 Å². The van der Waals surface area contributed by atoms with Crippen LogP contribution in [-0.2, 0) is 0 Å². The number of nitrogens with two attached hydrogens (primary N) is 1. The second kappa shape index (κ2) is 9.80. The van der Waals surface area contributed by atoms with Crippen LogP contribution < -0.4 is 5.73 Å². The normalized spacial score (nSPS) is 14.2. The monoisotopic (exact) mass is 256 g/mol. The Hall–Kier alpha value is -0.0800. The molecule has 18 heavy (non-hydrogen) atoms. The Morgan fingerprint density at radius 1 is 0.944 bits per heavy atom. The molecule has 0 rings (SSSR count). The maximum Gasteiger partial charge on any atom is 0.0455 e. The summed E-state index contributed by atoms with van der Waals surface area (Å²) >= 11 is 0. The number of unbranched alkanes of at least 4 members (excludes halogenated alkanes) is 6. The fraction of sp³-hybridized carbons (Fsp3) is 1.00. The van der Waals surface area contributed by atoms with Crippen molar-refractivity contribution in [1.82, 2.24) is 4.90 Å². The predicted octanol–water partition coefficient (Wildman–Crippen LogP) is 4.39. The van der Waals surface area contributed by atoms with Crippen molar-refractivity contribution in [2.24, 2.45) is 11.1 Å². The van der Waals surface area contributed by atoms with Gasteiger partial charge in [-0.25, -0.2) is 0 Å². The average molecular weight is 256 g/mol. The molecule has 1 atom stereocenters. The van der Waals surface area contributed by atoms with Crippen molar-refractivity contribution in [2.45, 2.75) is 85.1 Å². The lowest BCUT2D eigenvalue weighted by atomic mass is 9.83. The van der Waals surface area contributed by atoms with Crippen molar-refractivity contribution in [2.75, 3.05) is 13.7 Å². The molecule has 0 fully saturated rings. The molecular formula is C16H36N2. The highest BCUT2D eigenvalue weighted by atomic mass is 15.2. The molecule has 2 N–H and O–H groups in total. The Bertz CT molecular complexity index is 184. The molecule has 0 aliphatic heterocycles. The van der Waals surface area contributed by atoms with E-state index in [1.54, 1.807) is 0 Å². The lowest BCUT2D eigenvalue weighted by Gasteiger charge is -2.37. The topological polar surface area (TPSA) is 29.3 Å². The van der Waals surface area contributed by atoms with E-state index in [0.717, 1.165) is 0 Å². The SMILES string of the molecule is CCCCCCCCCC(N(C)CN)C(C)(C)C. The molecule has 2 heteroatoms. The molecule has 0 heterocycles. The van der Waals surface area contributed by atoms with Crippen molar-refractivity contribution in [3.8, 4) is 0 Å². The van der Waals surface area contributed by atoms with Gasteiger partial charge < -0.3 is 5.73 Å². The third-order valence-electron chi connectivity index (χ3n) is 3.90. The van der Waals surface area contributed by atoms with Crippen LogP contribution in [0.3, 0.4) is 0 Å². The summed E-state index contributed by atoms with van der Waals surface area (Å²) < 4.78 is 0. The zero-order chi connectivity index (χ0) is 14.0. The Morgan fingerprint density at radius 2 is 1.44 bits per heavy atom. The minimum atomic E-state index is 0.330. The molecule has 0 aliphatic carbocycles. The average Bonchev–Trinajstić information content (AvgIpc) is 2.30. The lowest BCUT2D eigenvalue weighted by Crippen LogP contribution is -2.44. The van der Waals surface area contributed by atoms with Crippen LogP contribution in [0.4, 0.5) is 0 Å². The van der Waals surface area contributed by atoms with Gasteiger partial charge in [0.25, 0.3) is 0 Å². The summed E-state index contributed by atoms with van der Waals surface area (Å²) in [6, 6.07) is 0.609. The van der Waals surface area contributed by atoms with Gasteiger partial charge in [-0.2, -0.15) is 0 Å². The van der Waals surface area contributed by atoms with E-state index in [4.69, 9.17) is 5.73 Å². The quantitative estimate of drug-likeness (QED) is 0.464. The van der Waals surface area contributed by atoms with Crippen molar-refractivity contribution in [1.29, 1.82) is 0 Å². The van der Waals surface area contributed by atoms with Crippen LogP contribution in [0.15, 0.2) is 0 Å². The van der Waals surface area contributed by atoms with Crippen molar-refractivity contribution in [3.63, 3.8) is 0 Å². The molecule has 0 aromatic rings. The summed E-state index contributed by atoms with van der Waals surface area (Å²) in [6.45, 7) is 9.91. The minimum Gasteiger partial charge on any atom is -0.318 e. The molecule has 0 spiro atoms. The molecule has 2 nitrogen and oxygen atoms in total. The summed E-state index contributed by atoms with van der Waals surface area (Å²) in [5, 5.41) is 0. The highest BCUT2D eigenvalue weighted by Crippen LogP contribution is 2.27. The Morgan fingerprint density at radius 3 is 1.89 bits per heavy atom. The molecule has 0 bridgehead atoms. The van der Waals surface area contributed by atoms with Crippen molar-refractivity contribution >= 4 is 0 Å². The van der Waals surface area contributed by atoms with Gasteiger partial charge in [0.1, 0.15) is 0 Å². The molecule has 0 aromatic carbocycles. The summed E-state index contributed by atoms with van der Waals surface area (Å²) in [4.78, 5) is 2.30. The van der Waals surface area contributed by atoms with Crippen LogP contribution in [-0.4, -0.2) is 24.7 Å². The van der Waals surface area contributed by atoms with E-state index in [1.807, 2.05) is 0 Å². The van der Waals surface area contributed by atoms with Crippen LogP contribution in [0.25, 0.3) is 0 Å². The number of hydrogen-bond acceptors (Lipinski definition) is 2. The van der Waals surface area contributed by atoms with Crippen LogP contribution in [0.2, 0.25) is 0 Å². The standard InChI is InChI=1S/C16H36N2/c1-6-7-8-9-10-11-12-13-15(16(2,3)4)18(5)14-17/h15H,6-14,17H2,1-5H3. The molecule has 0 aromatic heterocycles. The first-order valence-electron chi connectivity index (χ1n) is 7.83. The van der Waals surface area contributed by atoms with E-state index in [2.05, 4.69) is 39.6 Å². The predicted molar refractivity (Wildman–Crippen MR) is 82.7 cm³/mol. The zero-order valence-corrected chi connectivity index (χ0v) is 13.5. The summed E-state index contributed by atoms with van der Waals surface area (Å²) in [5.41, 5.74) is 6.11. The summed E-state index contributed by atoms with van der Waals surface area (Å²) in [5.74, 6) is 0. The minimum absolute atomic E-state index is 0.330. The molecule has 0 saturated heterocycles. The van der Waals surface area contributed by atoms with Crippen LogP contribution in [0.1, 0.15) is 79.1 Å². The molecular weight excluding hydrogens is 220 g/mol. The zero-order valence-electron chi connectivity index (χ0n) is 13.5. The van der Waals surface area contributed by atoms with E-state index in [9.17, 15) is 0 Å². The second-order valence-corrected chi connectivity index (χ2v) is 6.73. The third kappa shape index (κ3) is 8.10. The first kappa shape index (κ1) is 17.9. The fourth-order valence-electron chi connectivity index (χ4n) is 2.74. The van der Waals surface area contributed by atoms with E-state index in [0.29, 0.717) is 18.1 Å². The van der Waals surface area contributed by atoms with Crippen LogP contribution in [0.5, 0.6) is 0 Å². The van der Waals surface area contributed by atoms with Crippen LogP contribution >= 0.6 is 0 Å². The first-order valence-corrected chi connectivity index (χ1v) is 7.83. The van der Waals surface area contributed by atoms with Gasteiger partial charge in [0.2, 0.25) is 0 Å². The van der Waals surface area contributed by atoms with E-state index in [1.165, 1.54) is 51.4 Å². The molecule has 0 amide bonds. The maximum atomic E-state index is 5.78. The Kier molecular flexibility index (Phi) is 9.76. The maximum absolute atomic E-state index is 5.78. The van der Waals surface area contributed by atoms with Gasteiger partial charge in [0.05, 0.1) is 0 Å². The highest BCUT2D eigenvalue weighted by molar-refractivity contribution is 4.80. The van der Waals surface area contributed by atoms with Gasteiger partial charge >= 0.3 is 0 Å². The number of nitrogens with zero attached hydrogens (tertiary/aromatic N) is 1. The molecule has 0 radical (unpaired) electrons. The number of rotatable bonds is 10. The molecule has 0 aliphatic rings. The van der Waals surface area contributed by atoms with E-state index >= 15 is 0 Å². The summed E-state index contributed by atoms with van der Waals surface area (Å²) in [7, 11) is 2.15. The Balaban J connectivity index is 3.78. The largest absolute Gasteiger partial charge is 0.318 e. The molecule has 1 unspecified atom stereocenters. The molecule has 0 saturated carbocycles. The van der Waals surface area contributed by atoms with Gasteiger partial charge in [0, 0.05) is 12.7 Å². The van der Waals surface area contributed by atoms with Gasteiger partial charge in [0.15, 0.2) is 0 Å². The first-order chi connectivity index (χ1) is 8.43. The van der Waals surface area contributed by atoms with E-state index < -0.39 is 0 Å². The van der Waals surface area contributed by atoms with Gasteiger partial charge in [-0.3, -0.25) is 4.90 Å². The fourth-order valence-corrected chi connectivity index (χ4v) is 2.74.